The molecule has 0 unspecified atom stereocenters. The van der Waals surface area contributed by atoms with E-state index in [0.717, 1.165) is 31.6 Å². The second-order valence-corrected chi connectivity index (χ2v) is 7.56. The second-order valence-electron chi connectivity index (χ2n) is 7.56. The lowest BCUT2D eigenvalue weighted by Gasteiger charge is -2.31. The Balaban J connectivity index is 1.83. The minimum absolute atomic E-state index is 0.0199. The van der Waals surface area contributed by atoms with Crippen LogP contribution in [0.2, 0.25) is 0 Å². The van der Waals surface area contributed by atoms with Crippen molar-refractivity contribution in [3.63, 3.8) is 0 Å². The number of hydrogen-bond donors (Lipinski definition) is 1. The molecule has 0 bridgehead atoms. The van der Waals surface area contributed by atoms with Gasteiger partial charge in [-0.05, 0) is 61.2 Å². The number of hydrogen-bond acceptors (Lipinski definition) is 3. The summed E-state index contributed by atoms with van der Waals surface area (Å²) in [5.41, 5.74) is 2.27. The molecule has 1 aliphatic heterocycles. The van der Waals surface area contributed by atoms with Gasteiger partial charge in [-0.2, -0.15) is 0 Å². The lowest BCUT2D eigenvalue weighted by molar-refractivity contribution is 0.0697. The number of anilines is 2. The summed E-state index contributed by atoms with van der Waals surface area (Å²) in [7, 11) is 3.78. The molecule has 0 spiro atoms. The molecule has 2 amide bonds. The number of carbonyl (C=O) groups excluding carboxylic acids is 2. The summed E-state index contributed by atoms with van der Waals surface area (Å²) in [6.45, 7) is 3.71. The van der Waals surface area contributed by atoms with Crippen molar-refractivity contribution >= 4 is 23.2 Å². The predicted octanol–water partition coefficient (Wildman–Crippen LogP) is 4.02. The molecule has 0 aliphatic carbocycles. The Morgan fingerprint density at radius 1 is 1.07 bits per heavy atom. The molecule has 1 heterocycles. The highest BCUT2D eigenvalue weighted by molar-refractivity contribution is 6.06. The normalized spacial score (nSPS) is 14.6. The Morgan fingerprint density at radius 2 is 1.71 bits per heavy atom. The Kier molecular flexibility index (Phi) is 5.97. The minimum atomic E-state index is -0.393. The van der Waals surface area contributed by atoms with Gasteiger partial charge in [-0.15, -0.1) is 0 Å². The van der Waals surface area contributed by atoms with Crippen LogP contribution in [-0.4, -0.2) is 43.9 Å². The van der Waals surface area contributed by atoms with Crippen molar-refractivity contribution in [3.8, 4) is 0 Å². The summed E-state index contributed by atoms with van der Waals surface area (Å²) >= 11 is 0. The molecule has 1 N–H and O–H groups in total. The Bertz CT molecular complexity index is 857. The monoisotopic (exact) mass is 383 g/mol. The van der Waals surface area contributed by atoms with Gasteiger partial charge in [-0.25, -0.2) is 4.39 Å². The number of likely N-dealkylation sites (tertiary alicyclic amines) is 1. The molecule has 2 aromatic carbocycles. The van der Waals surface area contributed by atoms with E-state index in [9.17, 15) is 14.0 Å². The van der Waals surface area contributed by atoms with Gasteiger partial charge in [-0.3, -0.25) is 9.59 Å². The van der Waals surface area contributed by atoms with Crippen LogP contribution in [0.1, 0.15) is 40.5 Å². The number of piperidine rings is 1. The molecule has 0 atom stereocenters. The van der Waals surface area contributed by atoms with E-state index in [1.165, 1.54) is 24.3 Å². The zero-order chi connectivity index (χ0) is 20.3. The summed E-state index contributed by atoms with van der Waals surface area (Å²) in [4.78, 5) is 29.3. The van der Waals surface area contributed by atoms with Crippen molar-refractivity contribution in [1.29, 1.82) is 0 Å². The third-order valence-electron chi connectivity index (χ3n) is 5.14. The maximum Gasteiger partial charge on any atom is 0.256 e. The van der Waals surface area contributed by atoms with Gasteiger partial charge in [0.2, 0.25) is 0 Å². The molecule has 28 heavy (non-hydrogen) atoms. The van der Waals surface area contributed by atoms with E-state index >= 15 is 0 Å². The van der Waals surface area contributed by atoms with Gasteiger partial charge in [0.15, 0.2) is 0 Å². The van der Waals surface area contributed by atoms with Crippen molar-refractivity contribution in [2.75, 3.05) is 37.4 Å². The number of halogens is 1. The third-order valence-corrected chi connectivity index (χ3v) is 5.14. The smallest absolute Gasteiger partial charge is 0.256 e. The van der Waals surface area contributed by atoms with Crippen molar-refractivity contribution in [2.24, 2.45) is 5.92 Å². The predicted molar refractivity (Wildman–Crippen MR) is 109 cm³/mol. The van der Waals surface area contributed by atoms with E-state index in [2.05, 4.69) is 12.2 Å². The van der Waals surface area contributed by atoms with Gasteiger partial charge in [-0.1, -0.05) is 6.92 Å². The lowest BCUT2D eigenvalue weighted by Crippen LogP contribution is -2.38. The molecule has 1 saturated heterocycles. The average Bonchev–Trinajstić information content (AvgIpc) is 2.68. The summed E-state index contributed by atoms with van der Waals surface area (Å²) in [5, 5.41) is 2.80. The molecule has 0 aromatic heterocycles. The van der Waals surface area contributed by atoms with Crippen LogP contribution in [0.15, 0.2) is 42.5 Å². The minimum Gasteiger partial charge on any atom is -0.377 e. The Hall–Kier alpha value is -2.89. The van der Waals surface area contributed by atoms with Crippen LogP contribution >= 0.6 is 0 Å². The van der Waals surface area contributed by atoms with Crippen LogP contribution in [0.3, 0.4) is 0 Å². The van der Waals surface area contributed by atoms with Crippen molar-refractivity contribution in [3.05, 3.63) is 59.4 Å². The Labute approximate surface area is 165 Å². The number of benzene rings is 2. The summed E-state index contributed by atoms with van der Waals surface area (Å²) < 4.78 is 13.1. The Morgan fingerprint density at radius 3 is 2.32 bits per heavy atom. The molecular weight excluding hydrogens is 357 g/mol. The number of nitrogens with zero attached hydrogens (tertiary/aromatic N) is 2. The summed E-state index contributed by atoms with van der Waals surface area (Å²) in [6.07, 6.45) is 2.01. The van der Waals surface area contributed by atoms with Crippen molar-refractivity contribution in [2.45, 2.75) is 19.8 Å². The fourth-order valence-corrected chi connectivity index (χ4v) is 3.36. The zero-order valence-electron chi connectivity index (χ0n) is 16.5. The van der Waals surface area contributed by atoms with Gasteiger partial charge in [0, 0.05) is 44.1 Å². The molecule has 0 radical (unpaired) electrons. The summed E-state index contributed by atoms with van der Waals surface area (Å²) in [5.74, 6) is -0.120. The largest absolute Gasteiger partial charge is 0.377 e. The molecule has 148 valence electrons. The first kappa shape index (κ1) is 19.9. The lowest BCUT2D eigenvalue weighted by atomic mass is 9.98. The van der Waals surface area contributed by atoms with Crippen LogP contribution in [0.25, 0.3) is 0 Å². The van der Waals surface area contributed by atoms with E-state index in [0.29, 0.717) is 22.7 Å². The van der Waals surface area contributed by atoms with Gasteiger partial charge in [0.1, 0.15) is 5.82 Å². The number of amides is 2. The molecule has 6 heteroatoms. The first-order chi connectivity index (χ1) is 13.3. The van der Waals surface area contributed by atoms with E-state index in [1.807, 2.05) is 30.0 Å². The van der Waals surface area contributed by atoms with E-state index in [-0.39, 0.29) is 11.8 Å². The van der Waals surface area contributed by atoms with Gasteiger partial charge in [0.05, 0.1) is 5.56 Å². The molecule has 0 saturated carbocycles. The zero-order valence-corrected chi connectivity index (χ0v) is 16.5. The second kappa shape index (κ2) is 8.42. The fraction of sp³-hybridized carbons (Fsp3) is 0.364. The highest BCUT2D eigenvalue weighted by atomic mass is 19.1. The standard InChI is InChI=1S/C22H26FN3O2/c1-15-10-12-26(13-11-15)22(28)19-14-18(8-9-20(19)25(2)3)24-21(27)16-4-6-17(23)7-5-16/h4-9,14-15H,10-13H2,1-3H3,(H,24,27). The number of rotatable bonds is 4. The summed E-state index contributed by atoms with van der Waals surface area (Å²) in [6, 6.07) is 10.7. The van der Waals surface area contributed by atoms with E-state index in [4.69, 9.17) is 0 Å². The third kappa shape index (κ3) is 4.50. The first-order valence-electron chi connectivity index (χ1n) is 9.52. The van der Waals surface area contributed by atoms with Crippen LogP contribution in [0.5, 0.6) is 0 Å². The van der Waals surface area contributed by atoms with Crippen LogP contribution in [0, 0.1) is 11.7 Å². The fourth-order valence-electron chi connectivity index (χ4n) is 3.36. The van der Waals surface area contributed by atoms with Gasteiger partial charge >= 0.3 is 0 Å². The number of nitrogens with one attached hydrogen (secondary N) is 1. The highest BCUT2D eigenvalue weighted by Gasteiger charge is 2.24. The maximum absolute atomic E-state index is 13.1. The van der Waals surface area contributed by atoms with Gasteiger partial charge in [0.25, 0.3) is 11.8 Å². The molecule has 3 rings (SSSR count). The van der Waals surface area contributed by atoms with Crippen LogP contribution < -0.4 is 10.2 Å². The SMILES string of the molecule is CC1CCN(C(=O)c2cc(NC(=O)c3ccc(F)cc3)ccc2N(C)C)CC1. The van der Waals surface area contributed by atoms with E-state index < -0.39 is 5.82 Å². The first-order valence-corrected chi connectivity index (χ1v) is 9.52. The quantitative estimate of drug-likeness (QED) is 0.868. The van der Waals surface area contributed by atoms with Crippen LogP contribution in [-0.2, 0) is 0 Å². The molecule has 1 aliphatic rings. The molecule has 2 aromatic rings. The van der Waals surface area contributed by atoms with Crippen molar-refractivity contribution in [1.82, 2.24) is 4.90 Å². The average molecular weight is 383 g/mol. The molecule has 5 nitrogen and oxygen atoms in total. The maximum atomic E-state index is 13.1. The van der Waals surface area contributed by atoms with Crippen LogP contribution in [0.4, 0.5) is 15.8 Å². The highest BCUT2D eigenvalue weighted by Crippen LogP contribution is 2.27. The topological polar surface area (TPSA) is 52.7 Å². The molecule has 1 fully saturated rings. The number of carbonyl (C=O) groups is 2. The van der Waals surface area contributed by atoms with Gasteiger partial charge < -0.3 is 15.1 Å². The van der Waals surface area contributed by atoms with E-state index in [1.54, 1.807) is 12.1 Å². The van der Waals surface area contributed by atoms with Crippen molar-refractivity contribution < 1.29 is 14.0 Å². The molecular formula is C22H26FN3O2.